The molecule has 4 unspecified atom stereocenters. The van der Waals surface area contributed by atoms with Crippen molar-refractivity contribution in [2.45, 2.75) is 83.6 Å². The number of nitrogens with zero attached hydrogens (tertiary/aromatic N) is 7. The number of fused-ring (bicyclic) bond motifs is 1. The van der Waals surface area contributed by atoms with Crippen molar-refractivity contribution in [2.75, 3.05) is 71.7 Å². The first-order valence-electron chi connectivity index (χ1n) is 24.5. The van der Waals surface area contributed by atoms with Crippen molar-refractivity contribution in [2.24, 2.45) is 15.4 Å². The van der Waals surface area contributed by atoms with Gasteiger partial charge in [0.25, 0.3) is 11.2 Å². The number of carbonyl (C=O) groups excluding carboxylic acids is 3. The summed E-state index contributed by atoms with van der Waals surface area (Å²) in [7, 11) is -1.51. The number of aromatic nitrogens is 2. The number of phosphoric acid groups is 1. The number of phosphoric ester groups is 1. The van der Waals surface area contributed by atoms with Crippen LogP contribution in [-0.4, -0.2) is 117 Å². The van der Waals surface area contributed by atoms with Gasteiger partial charge in [0.15, 0.2) is 0 Å². The van der Waals surface area contributed by atoms with E-state index in [-0.39, 0.29) is 94.6 Å². The van der Waals surface area contributed by atoms with Crippen LogP contribution in [0.25, 0.3) is 16.8 Å². The Bertz CT molecular complexity index is 2900. The first-order chi connectivity index (χ1) is 36.7. The third-order valence-electron chi connectivity index (χ3n) is 11.5. The predicted octanol–water partition coefficient (Wildman–Crippen LogP) is 7.07. The number of amides is 2. The Morgan fingerprint density at radius 2 is 1.75 bits per heavy atom. The van der Waals surface area contributed by atoms with Crippen molar-refractivity contribution < 1.29 is 56.5 Å². The number of nitriles is 1. The number of nitro benzene ring substituents is 1. The van der Waals surface area contributed by atoms with Crippen LogP contribution in [0.5, 0.6) is 0 Å². The molecule has 4 atom stereocenters. The number of azo groups is 1. The third-order valence-corrected chi connectivity index (χ3v) is 13.0. The Morgan fingerprint density at radius 3 is 2.47 bits per heavy atom. The molecular formula is C50H63N10O15P. The molecular weight excluding hydrogens is 1010 g/mol. The minimum atomic E-state index is -4.37. The smallest absolute Gasteiger partial charge is 0.466 e. The normalized spacial score (nSPS) is 16.4. The zero-order valence-corrected chi connectivity index (χ0v) is 43.6. The second kappa shape index (κ2) is 30.8. The maximum absolute atomic E-state index is 13.8. The molecule has 0 aliphatic carbocycles. The van der Waals surface area contributed by atoms with Crippen molar-refractivity contribution in [3.05, 3.63) is 109 Å². The predicted molar refractivity (Wildman–Crippen MR) is 279 cm³/mol. The van der Waals surface area contributed by atoms with Gasteiger partial charge in [0.1, 0.15) is 25.0 Å². The highest BCUT2D eigenvalue weighted by Crippen LogP contribution is 2.53. The standard InChI is InChI=1S/C50H63N10O15P/c1-5-58(38-19-17-37(18-20-38)55-56-41-21-22-42(60(66)67)40-15-7-6-14-39(40)41)27-31-71-57-35(2)12-8-16-46(62)53-26-9-13-36-33-59(50(65)54-49(36)64)47-32-43(44(74-47)34-69-4)75-76(68,72-29-10-25-51)73-30-11-28-70-48(63)24-23-45(61)52-3/h6-7,9,13-15,17-22,33,43-44,47H,5,8,10-12,16,23-24,26-32,34H2,1-4H3,(H,52,61)(H,53,62)(H,54,64,65)/b13-9+,56-55?,57-35+. The van der Waals surface area contributed by atoms with Crippen LogP contribution >= 0.6 is 7.82 Å². The molecule has 408 valence electrons. The number of nitro groups is 1. The van der Waals surface area contributed by atoms with E-state index in [0.717, 1.165) is 10.3 Å². The monoisotopic (exact) mass is 1070 g/mol. The van der Waals surface area contributed by atoms with Gasteiger partial charge >= 0.3 is 19.5 Å². The van der Waals surface area contributed by atoms with Gasteiger partial charge in [-0.2, -0.15) is 10.4 Å². The molecule has 1 aromatic heterocycles. The lowest BCUT2D eigenvalue weighted by atomic mass is 10.1. The number of ether oxygens (including phenoxy) is 3. The highest BCUT2D eigenvalue weighted by molar-refractivity contribution is 7.48. The molecule has 5 rings (SSSR count). The number of likely N-dealkylation sites (N-methyl/N-ethyl adjacent to an activating group) is 1. The summed E-state index contributed by atoms with van der Waals surface area (Å²) < 4.78 is 48.1. The van der Waals surface area contributed by atoms with E-state index < -0.39 is 48.4 Å². The van der Waals surface area contributed by atoms with Crippen molar-refractivity contribution in [3.63, 3.8) is 0 Å². The number of benzene rings is 3. The fourth-order valence-corrected chi connectivity index (χ4v) is 8.98. The van der Waals surface area contributed by atoms with Gasteiger partial charge in [-0.05, 0) is 63.1 Å². The Labute approximate surface area is 437 Å². The van der Waals surface area contributed by atoms with Gasteiger partial charge in [-0.25, -0.2) is 9.36 Å². The lowest BCUT2D eigenvalue weighted by Gasteiger charge is -2.23. The maximum Gasteiger partial charge on any atom is 0.475 e. The van der Waals surface area contributed by atoms with Crippen LogP contribution in [0.3, 0.4) is 0 Å². The van der Waals surface area contributed by atoms with Crippen LogP contribution in [0.15, 0.2) is 97.9 Å². The average molecular weight is 1080 g/mol. The van der Waals surface area contributed by atoms with Crippen LogP contribution < -0.4 is 26.8 Å². The van der Waals surface area contributed by atoms with Crippen LogP contribution in [0, 0.1) is 21.4 Å². The number of esters is 1. The number of H-pyrrole nitrogens is 1. The first kappa shape index (κ1) is 59.4. The van der Waals surface area contributed by atoms with E-state index in [1.165, 1.54) is 32.5 Å². The number of rotatable bonds is 32. The molecule has 0 radical (unpaired) electrons. The molecule has 1 saturated heterocycles. The molecule has 0 spiro atoms. The topological polar surface area (TPSA) is 319 Å². The lowest BCUT2D eigenvalue weighted by molar-refractivity contribution is -0.383. The van der Waals surface area contributed by atoms with E-state index in [2.05, 4.69) is 35.9 Å². The number of nitrogens with one attached hydrogen (secondary N) is 3. The summed E-state index contributed by atoms with van der Waals surface area (Å²) in [5.41, 5.74) is 1.41. The number of hydrogen-bond acceptors (Lipinski definition) is 20. The van der Waals surface area contributed by atoms with E-state index in [9.17, 15) is 38.7 Å². The Morgan fingerprint density at radius 1 is 0.987 bits per heavy atom. The fraction of sp³-hybridized carbons (Fsp3) is 0.460. The van der Waals surface area contributed by atoms with Gasteiger partial charge in [0.2, 0.25) is 11.8 Å². The first-order valence-corrected chi connectivity index (χ1v) is 26.0. The third kappa shape index (κ3) is 18.7. The second-order valence-electron chi connectivity index (χ2n) is 16.9. The average Bonchev–Trinajstić information content (AvgIpc) is 3.80. The van der Waals surface area contributed by atoms with E-state index in [4.69, 9.17) is 37.9 Å². The largest absolute Gasteiger partial charge is 0.475 e. The molecule has 0 bridgehead atoms. The molecule has 1 aliphatic rings. The molecule has 2 amide bonds. The molecule has 76 heavy (non-hydrogen) atoms. The summed E-state index contributed by atoms with van der Waals surface area (Å²) in [6, 6.07) is 19.4. The SMILES string of the molecule is CCN(CCO/N=C(\C)CCCC(=O)NC/C=C/c1cn(C2CC(OP(=O)(OCCC#N)OCCCOC(=O)CCC(=O)NC)C(COC)O2)c(=O)[nH]c1=O)c1ccc(N=Nc2ccc([N+](=O)[O-])c3ccccc23)cc1. The molecule has 1 fully saturated rings. The van der Waals surface area contributed by atoms with Crippen LogP contribution in [-0.2, 0) is 51.6 Å². The highest BCUT2D eigenvalue weighted by Gasteiger charge is 2.43. The van der Waals surface area contributed by atoms with E-state index >= 15 is 0 Å². The van der Waals surface area contributed by atoms with Crippen molar-refractivity contribution in [3.8, 4) is 6.07 Å². The summed E-state index contributed by atoms with van der Waals surface area (Å²) in [5, 5.41) is 39.7. The van der Waals surface area contributed by atoms with E-state index in [0.29, 0.717) is 60.4 Å². The Balaban J connectivity index is 1.04. The molecule has 3 N–H and O–H groups in total. The van der Waals surface area contributed by atoms with Crippen LogP contribution in [0.1, 0.15) is 77.0 Å². The van der Waals surface area contributed by atoms with Gasteiger partial charge in [-0.3, -0.25) is 52.4 Å². The van der Waals surface area contributed by atoms with E-state index in [1.807, 2.05) is 44.2 Å². The quantitative estimate of drug-likeness (QED) is 0.00837. The number of hydrogen-bond donors (Lipinski definition) is 3. The number of carbonyl (C=O) groups is 3. The summed E-state index contributed by atoms with van der Waals surface area (Å²) in [5.74, 6) is -1.14. The summed E-state index contributed by atoms with van der Waals surface area (Å²) >= 11 is 0. The second-order valence-corrected chi connectivity index (χ2v) is 18.5. The van der Waals surface area contributed by atoms with Crippen LogP contribution in [0.4, 0.5) is 22.7 Å². The van der Waals surface area contributed by atoms with Crippen molar-refractivity contribution >= 4 is 70.9 Å². The minimum Gasteiger partial charge on any atom is -0.466 e. The number of methoxy groups -OCH3 is 1. The van der Waals surface area contributed by atoms with Gasteiger partial charge in [0.05, 0.1) is 84.8 Å². The molecule has 25 nitrogen and oxygen atoms in total. The summed E-state index contributed by atoms with van der Waals surface area (Å²) in [4.78, 5) is 82.8. The van der Waals surface area contributed by atoms with E-state index in [1.54, 1.807) is 36.4 Å². The fourth-order valence-electron chi connectivity index (χ4n) is 7.56. The number of aromatic amines is 1. The van der Waals surface area contributed by atoms with Gasteiger partial charge in [-0.15, -0.1) is 5.11 Å². The molecule has 3 aromatic carbocycles. The number of anilines is 1. The molecule has 0 saturated carbocycles. The summed E-state index contributed by atoms with van der Waals surface area (Å²) in [6.45, 7) is 4.82. The van der Waals surface area contributed by atoms with Gasteiger partial charge in [0, 0.05) is 76.3 Å². The number of non-ortho nitro benzene ring substituents is 1. The Kier molecular flexibility index (Phi) is 24.1. The summed E-state index contributed by atoms with van der Waals surface area (Å²) in [6.07, 6.45) is 2.34. The zero-order valence-electron chi connectivity index (χ0n) is 42.8. The zero-order chi connectivity index (χ0) is 54.9. The van der Waals surface area contributed by atoms with Gasteiger partial charge < -0.3 is 34.6 Å². The highest BCUT2D eigenvalue weighted by atomic mass is 31.2. The maximum atomic E-state index is 13.8. The number of oxime groups is 1. The van der Waals surface area contributed by atoms with Crippen molar-refractivity contribution in [1.29, 1.82) is 5.26 Å². The molecule has 1 aliphatic heterocycles. The Hall–Kier alpha value is -7.46. The molecule has 2 heterocycles. The van der Waals surface area contributed by atoms with Crippen molar-refractivity contribution in [1.82, 2.24) is 20.2 Å². The molecule has 26 heteroatoms. The lowest BCUT2D eigenvalue weighted by Crippen LogP contribution is -2.33. The van der Waals surface area contributed by atoms with Gasteiger partial charge in [-0.1, -0.05) is 35.5 Å². The van der Waals surface area contributed by atoms with Crippen LogP contribution in [0.2, 0.25) is 0 Å². The molecule has 4 aromatic rings. The minimum absolute atomic E-state index is 0.00632.